The van der Waals surface area contributed by atoms with Crippen molar-refractivity contribution in [3.05, 3.63) is 53.6 Å². The van der Waals surface area contributed by atoms with Crippen molar-refractivity contribution in [3.63, 3.8) is 0 Å². The molecular formula is C30H32N4O4. The number of morpholine rings is 1. The summed E-state index contributed by atoms with van der Waals surface area (Å²) in [5.74, 6) is 0.473. The summed E-state index contributed by atoms with van der Waals surface area (Å²) < 4.78 is 13.1. The second-order valence-electron chi connectivity index (χ2n) is 10.6. The molecule has 0 unspecified atom stereocenters. The van der Waals surface area contributed by atoms with E-state index in [1.165, 1.54) is 0 Å². The predicted octanol–water partition coefficient (Wildman–Crippen LogP) is 5.72. The van der Waals surface area contributed by atoms with Crippen LogP contribution >= 0.6 is 0 Å². The van der Waals surface area contributed by atoms with Gasteiger partial charge in [-0.1, -0.05) is 18.2 Å². The summed E-state index contributed by atoms with van der Waals surface area (Å²) in [4.78, 5) is 27.4. The molecule has 196 valence electrons. The van der Waals surface area contributed by atoms with Crippen LogP contribution in [0.25, 0.3) is 22.2 Å². The molecule has 2 amide bonds. The summed E-state index contributed by atoms with van der Waals surface area (Å²) in [5.41, 5.74) is 4.56. The number of amides is 2. The van der Waals surface area contributed by atoms with Crippen molar-refractivity contribution in [2.24, 2.45) is 5.92 Å². The van der Waals surface area contributed by atoms with Crippen molar-refractivity contribution in [2.45, 2.75) is 51.2 Å². The maximum absolute atomic E-state index is 13.2. The molecule has 3 aliphatic rings. The van der Waals surface area contributed by atoms with Gasteiger partial charge in [-0.25, -0.2) is 4.79 Å². The van der Waals surface area contributed by atoms with Crippen molar-refractivity contribution in [1.29, 1.82) is 5.26 Å². The molecule has 3 fully saturated rings. The maximum Gasteiger partial charge on any atom is 0.411 e. The van der Waals surface area contributed by atoms with E-state index in [1.807, 2.05) is 54.3 Å². The second kappa shape index (κ2) is 10.1. The highest BCUT2D eigenvalue weighted by molar-refractivity contribution is 6.01. The van der Waals surface area contributed by atoms with Crippen molar-refractivity contribution >= 4 is 28.6 Å². The lowest BCUT2D eigenvalue weighted by Crippen LogP contribution is -2.40. The van der Waals surface area contributed by atoms with Crippen LogP contribution in [0.5, 0.6) is 0 Å². The standard InChI is InChI=1S/C30H32N4O4/c1-19(20-5-6-20)38-30(36)32-23-10-7-21(8-11-23)28-26(18-31)25-12-9-22(29(35)33-13-15-37-16-14-33)17-27(25)34(28)24-3-2-4-24/h7-12,17,19-20,24H,2-6,13-16H2,1H3,(H,32,36)/t19-/m1/s1. The van der Waals surface area contributed by atoms with Crippen LogP contribution in [0.1, 0.15) is 61.0 Å². The summed E-state index contributed by atoms with van der Waals surface area (Å²) in [7, 11) is 0. The lowest BCUT2D eigenvalue weighted by molar-refractivity contribution is 0.0303. The Labute approximate surface area is 222 Å². The summed E-state index contributed by atoms with van der Waals surface area (Å²) in [6, 6.07) is 16.0. The molecule has 1 saturated heterocycles. The van der Waals surface area contributed by atoms with Crippen LogP contribution in [0.15, 0.2) is 42.5 Å². The number of rotatable bonds is 6. The van der Waals surface area contributed by atoms with Crippen molar-refractivity contribution in [1.82, 2.24) is 9.47 Å². The first-order valence-corrected chi connectivity index (χ1v) is 13.6. The van der Waals surface area contributed by atoms with Crippen LogP contribution in [0.4, 0.5) is 10.5 Å². The van der Waals surface area contributed by atoms with Crippen LogP contribution in [-0.2, 0) is 9.47 Å². The van der Waals surface area contributed by atoms with Crippen molar-refractivity contribution in [3.8, 4) is 17.3 Å². The molecule has 8 heteroatoms. The van der Waals surface area contributed by atoms with Crippen LogP contribution in [0, 0.1) is 17.2 Å². The Balaban J connectivity index is 1.33. The third-order valence-electron chi connectivity index (χ3n) is 8.08. The van der Waals surface area contributed by atoms with E-state index in [-0.39, 0.29) is 18.1 Å². The first-order valence-electron chi connectivity index (χ1n) is 13.6. The minimum absolute atomic E-state index is 0.00469. The molecular weight excluding hydrogens is 480 g/mol. The smallest absolute Gasteiger partial charge is 0.411 e. The zero-order chi connectivity index (χ0) is 26.2. The monoisotopic (exact) mass is 512 g/mol. The van der Waals surface area contributed by atoms with Gasteiger partial charge in [-0.05, 0) is 74.8 Å². The van der Waals surface area contributed by atoms with Gasteiger partial charge in [0, 0.05) is 35.8 Å². The molecule has 6 rings (SSSR count). The normalized spacial score (nSPS) is 18.5. The first-order chi connectivity index (χ1) is 18.5. The minimum atomic E-state index is -0.448. The molecule has 1 aliphatic heterocycles. The average Bonchev–Trinajstić information content (AvgIpc) is 3.72. The molecule has 0 spiro atoms. The summed E-state index contributed by atoms with van der Waals surface area (Å²) in [5, 5.41) is 13.9. The Kier molecular flexibility index (Phi) is 6.54. The Morgan fingerprint density at radius 1 is 1.08 bits per heavy atom. The van der Waals surface area contributed by atoms with E-state index in [1.54, 1.807) is 0 Å². The molecule has 8 nitrogen and oxygen atoms in total. The molecule has 0 bridgehead atoms. The zero-order valence-electron chi connectivity index (χ0n) is 21.6. The van der Waals surface area contributed by atoms with Gasteiger partial charge in [-0.2, -0.15) is 5.26 Å². The van der Waals surface area contributed by atoms with Gasteiger partial charge in [0.05, 0.1) is 30.0 Å². The lowest BCUT2D eigenvalue weighted by Gasteiger charge is -2.30. The third kappa shape index (κ3) is 4.63. The van der Waals surface area contributed by atoms with E-state index >= 15 is 0 Å². The molecule has 2 aromatic carbocycles. The summed E-state index contributed by atoms with van der Waals surface area (Å²) >= 11 is 0. The highest BCUT2D eigenvalue weighted by Crippen LogP contribution is 2.43. The number of aromatic nitrogens is 1. The third-order valence-corrected chi connectivity index (χ3v) is 8.08. The topological polar surface area (TPSA) is 96.6 Å². The number of ether oxygens (including phenoxy) is 2. The molecule has 38 heavy (non-hydrogen) atoms. The number of benzene rings is 2. The van der Waals surface area contributed by atoms with E-state index in [0.29, 0.717) is 49.0 Å². The Hall–Kier alpha value is -3.83. The SMILES string of the molecule is C[C@@H](OC(=O)Nc1ccc(-c2c(C#N)c3ccc(C(=O)N4CCOCC4)cc3n2C2CCC2)cc1)C1CC1. The number of nitrogens with zero attached hydrogens (tertiary/aromatic N) is 3. The van der Waals surface area contributed by atoms with Crippen LogP contribution in [0.2, 0.25) is 0 Å². The fraction of sp³-hybridized carbons (Fsp3) is 0.433. The molecule has 0 radical (unpaired) electrons. The number of nitriles is 1. The number of fused-ring (bicyclic) bond motifs is 1. The van der Waals surface area contributed by atoms with E-state index in [9.17, 15) is 14.9 Å². The van der Waals surface area contributed by atoms with Gasteiger partial charge in [0.15, 0.2) is 0 Å². The van der Waals surface area contributed by atoms with Crippen molar-refractivity contribution < 1.29 is 19.1 Å². The van der Waals surface area contributed by atoms with Gasteiger partial charge in [-0.3, -0.25) is 10.1 Å². The van der Waals surface area contributed by atoms with E-state index in [2.05, 4.69) is 16.0 Å². The molecule has 1 aromatic heterocycles. The Morgan fingerprint density at radius 2 is 1.82 bits per heavy atom. The lowest BCUT2D eigenvalue weighted by atomic mass is 9.92. The predicted molar refractivity (Wildman–Crippen MR) is 144 cm³/mol. The summed E-state index contributed by atoms with van der Waals surface area (Å²) in [6.45, 7) is 4.21. The Morgan fingerprint density at radius 3 is 2.45 bits per heavy atom. The number of anilines is 1. The number of hydrogen-bond acceptors (Lipinski definition) is 5. The van der Waals surface area contributed by atoms with Gasteiger partial charge in [0.1, 0.15) is 12.2 Å². The number of nitrogens with one attached hydrogen (secondary N) is 1. The quantitative estimate of drug-likeness (QED) is 0.455. The molecule has 1 atom stereocenters. The largest absolute Gasteiger partial charge is 0.446 e. The molecule has 1 N–H and O–H groups in total. The van der Waals surface area contributed by atoms with E-state index in [4.69, 9.17) is 9.47 Å². The zero-order valence-corrected chi connectivity index (χ0v) is 21.6. The fourth-order valence-electron chi connectivity index (χ4n) is 5.50. The molecule has 2 heterocycles. The van der Waals surface area contributed by atoms with E-state index in [0.717, 1.165) is 54.3 Å². The van der Waals surface area contributed by atoms with Crippen molar-refractivity contribution in [2.75, 3.05) is 31.6 Å². The molecule has 2 saturated carbocycles. The van der Waals surface area contributed by atoms with Crippen LogP contribution in [-0.4, -0.2) is 53.9 Å². The summed E-state index contributed by atoms with van der Waals surface area (Å²) in [6.07, 6.45) is 4.91. The Bertz CT molecular complexity index is 1410. The van der Waals surface area contributed by atoms with Crippen LogP contribution < -0.4 is 5.32 Å². The second-order valence-corrected chi connectivity index (χ2v) is 10.6. The van der Waals surface area contributed by atoms with Gasteiger partial charge in [0.25, 0.3) is 5.91 Å². The number of carbonyl (C=O) groups is 2. The van der Waals surface area contributed by atoms with Gasteiger partial charge >= 0.3 is 6.09 Å². The number of carbonyl (C=O) groups excluding carboxylic acids is 2. The fourth-order valence-corrected chi connectivity index (χ4v) is 5.50. The molecule has 2 aliphatic carbocycles. The highest BCUT2D eigenvalue weighted by Gasteiger charge is 2.31. The highest BCUT2D eigenvalue weighted by atomic mass is 16.6. The minimum Gasteiger partial charge on any atom is -0.446 e. The van der Waals surface area contributed by atoms with Gasteiger partial charge in [-0.15, -0.1) is 0 Å². The average molecular weight is 513 g/mol. The number of hydrogen-bond donors (Lipinski definition) is 1. The van der Waals surface area contributed by atoms with Gasteiger partial charge in [0.2, 0.25) is 0 Å². The van der Waals surface area contributed by atoms with Crippen LogP contribution in [0.3, 0.4) is 0 Å². The molecule has 3 aromatic rings. The maximum atomic E-state index is 13.2. The van der Waals surface area contributed by atoms with Gasteiger partial charge < -0.3 is 18.9 Å². The first kappa shape index (κ1) is 24.5. The van der Waals surface area contributed by atoms with E-state index < -0.39 is 6.09 Å².